The monoisotopic (exact) mass is 283 g/mol. The zero-order chi connectivity index (χ0) is 14.2. The Morgan fingerprint density at radius 1 is 1.48 bits per heavy atom. The molecule has 0 aliphatic carbocycles. The number of amides is 1. The van der Waals surface area contributed by atoms with E-state index in [9.17, 15) is 4.79 Å². The molecule has 0 saturated carbocycles. The lowest BCUT2D eigenvalue weighted by Crippen LogP contribution is -2.28. The molecule has 4 rings (SSSR count). The summed E-state index contributed by atoms with van der Waals surface area (Å²) in [5.41, 5.74) is 1.76. The van der Waals surface area contributed by atoms with Gasteiger partial charge in [-0.15, -0.1) is 0 Å². The standard InChI is InChI=1S/C14H13N5O2/c20-14(11-6-15-8-21-11)19-5-3-9(7-19)12-10-2-1-4-16-13(10)18-17-12/h1-2,4,6,8-9H,3,5,7H2,(H,16,17,18)/t9-/m0/s1. The van der Waals surface area contributed by atoms with Crippen molar-refractivity contribution in [2.75, 3.05) is 13.1 Å². The summed E-state index contributed by atoms with van der Waals surface area (Å²) < 4.78 is 5.07. The number of carbonyl (C=O) groups is 1. The van der Waals surface area contributed by atoms with Crippen molar-refractivity contribution in [3.05, 3.63) is 42.4 Å². The number of H-pyrrole nitrogens is 1. The van der Waals surface area contributed by atoms with Gasteiger partial charge in [0, 0.05) is 36.3 Å². The van der Waals surface area contributed by atoms with Gasteiger partial charge in [0.25, 0.3) is 5.91 Å². The summed E-state index contributed by atoms with van der Waals surface area (Å²) in [5.74, 6) is 0.412. The van der Waals surface area contributed by atoms with E-state index in [-0.39, 0.29) is 17.6 Å². The summed E-state index contributed by atoms with van der Waals surface area (Å²) in [6.07, 6.45) is 5.34. The number of hydrogen-bond acceptors (Lipinski definition) is 5. The Bertz CT molecular complexity index is 780. The first-order valence-corrected chi connectivity index (χ1v) is 6.79. The lowest BCUT2D eigenvalue weighted by Gasteiger charge is -2.14. The highest BCUT2D eigenvalue weighted by atomic mass is 16.3. The minimum Gasteiger partial charge on any atom is -0.438 e. The van der Waals surface area contributed by atoms with E-state index in [1.807, 2.05) is 12.1 Å². The van der Waals surface area contributed by atoms with Crippen LogP contribution < -0.4 is 0 Å². The fourth-order valence-corrected chi connectivity index (χ4v) is 2.84. The molecule has 7 nitrogen and oxygen atoms in total. The van der Waals surface area contributed by atoms with Crippen molar-refractivity contribution in [3.63, 3.8) is 0 Å². The quantitative estimate of drug-likeness (QED) is 0.771. The number of carbonyl (C=O) groups excluding carboxylic acids is 1. The zero-order valence-electron chi connectivity index (χ0n) is 11.2. The molecule has 7 heteroatoms. The Balaban J connectivity index is 1.58. The van der Waals surface area contributed by atoms with Crippen LogP contribution in [0.1, 0.15) is 28.6 Å². The van der Waals surface area contributed by atoms with E-state index in [1.165, 1.54) is 12.6 Å². The second-order valence-electron chi connectivity index (χ2n) is 5.11. The van der Waals surface area contributed by atoms with Crippen LogP contribution in [0.5, 0.6) is 0 Å². The molecule has 0 bridgehead atoms. The third-order valence-electron chi connectivity index (χ3n) is 3.89. The Kier molecular flexibility index (Phi) is 2.70. The smallest absolute Gasteiger partial charge is 0.291 e. The molecular weight excluding hydrogens is 270 g/mol. The molecule has 1 N–H and O–H groups in total. The van der Waals surface area contributed by atoms with Crippen LogP contribution in [0.25, 0.3) is 11.0 Å². The largest absolute Gasteiger partial charge is 0.438 e. The molecule has 1 fully saturated rings. The number of likely N-dealkylation sites (tertiary alicyclic amines) is 1. The van der Waals surface area contributed by atoms with E-state index in [2.05, 4.69) is 20.2 Å². The first-order chi connectivity index (χ1) is 10.3. The molecule has 0 spiro atoms. The van der Waals surface area contributed by atoms with Gasteiger partial charge < -0.3 is 9.32 Å². The van der Waals surface area contributed by atoms with Gasteiger partial charge in [-0.25, -0.2) is 9.97 Å². The lowest BCUT2D eigenvalue weighted by molar-refractivity contribution is 0.0759. The summed E-state index contributed by atoms with van der Waals surface area (Å²) in [7, 11) is 0. The summed E-state index contributed by atoms with van der Waals surface area (Å²) in [4.78, 5) is 22.0. The number of aromatic amines is 1. The van der Waals surface area contributed by atoms with Crippen molar-refractivity contribution in [1.29, 1.82) is 0 Å². The Morgan fingerprint density at radius 2 is 2.43 bits per heavy atom. The van der Waals surface area contributed by atoms with Crippen molar-refractivity contribution in [1.82, 2.24) is 25.1 Å². The van der Waals surface area contributed by atoms with Gasteiger partial charge in [0.05, 0.1) is 6.20 Å². The van der Waals surface area contributed by atoms with E-state index in [1.54, 1.807) is 11.1 Å². The number of aromatic nitrogens is 4. The maximum Gasteiger partial charge on any atom is 0.291 e. The van der Waals surface area contributed by atoms with Crippen LogP contribution in [0.15, 0.2) is 35.3 Å². The average molecular weight is 283 g/mol. The minimum absolute atomic E-state index is 0.114. The minimum atomic E-state index is -0.114. The number of nitrogens with zero attached hydrogens (tertiary/aromatic N) is 4. The van der Waals surface area contributed by atoms with Crippen molar-refractivity contribution >= 4 is 16.9 Å². The molecule has 3 aromatic heterocycles. The van der Waals surface area contributed by atoms with Crippen molar-refractivity contribution in [2.24, 2.45) is 0 Å². The highest BCUT2D eigenvalue weighted by Crippen LogP contribution is 2.30. The molecule has 1 saturated heterocycles. The van der Waals surface area contributed by atoms with Crippen molar-refractivity contribution < 1.29 is 9.21 Å². The molecular formula is C14H13N5O2. The molecule has 0 unspecified atom stereocenters. The lowest BCUT2D eigenvalue weighted by atomic mass is 10.0. The fraction of sp³-hybridized carbons (Fsp3) is 0.286. The number of pyridine rings is 1. The van der Waals surface area contributed by atoms with Crippen LogP contribution in [0.4, 0.5) is 0 Å². The highest BCUT2D eigenvalue weighted by molar-refractivity contribution is 5.91. The van der Waals surface area contributed by atoms with Crippen LogP contribution in [0.2, 0.25) is 0 Å². The van der Waals surface area contributed by atoms with Gasteiger partial charge in [-0.2, -0.15) is 5.10 Å². The van der Waals surface area contributed by atoms with Crippen LogP contribution in [0, 0.1) is 0 Å². The molecule has 1 aliphatic rings. The van der Waals surface area contributed by atoms with E-state index in [4.69, 9.17) is 4.42 Å². The predicted octanol–water partition coefficient (Wildman–Crippen LogP) is 1.58. The maximum atomic E-state index is 12.2. The Morgan fingerprint density at radius 3 is 3.29 bits per heavy atom. The third-order valence-corrected chi connectivity index (χ3v) is 3.89. The Labute approximate surface area is 120 Å². The van der Waals surface area contributed by atoms with E-state index >= 15 is 0 Å². The normalized spacial score (nSPS) is 18.5. The van der Waals surface area contributed by atoms with Crippen LogP contribution in [-0.4, -0.2) is 44.1 Å². The maximum absolute atomic E-state index is 12.2. The zero-order valence-corrected chi connectivity index (χ0v) is 11.2. The summed E-state index contributed by atoms with van der Waals surface area (Å²) in [6, 6.07) is 3.90. The first kappa shape index (κ1) is 12.1. The second kappa shape index (κ2) is 4.69. The molecule has 106 valence electrons. The number of oxazole rings is 1. The molecule has 4 heterocycles. The van der Waals surface area contributed by atoms with Gasteiger partial charge in [-0.3, -0.25) is 9.89 Å². The molecule has 1 atom stereocenters. The van der Waals surface area contributed by atoms with E-state index < -0.39 is 0 Å². The molecule has 0 radical (unpaired) electrons. The van der Waals surface area contributed by atoms with E-state index in [0.29, 0.717) is 18.7 Å². The average Bonchev–Trinajstić information content (AvgIpc) is 3.25. The van der Waals surface area contributed by atoms with E-state index in [0.717, 1.165) is 17.5 Å². The van der Waals surface area contributed by atoms with Crippen LogP contribution >= 0.6 is 0 Å². The molecule has 21 heavy (non-hydrogen) atoms. The molecule has 3 aromatic rings. The Hall–Kier alpha value is -2.70. The third kappa shape index (κ3) is 1.97. The summed E-state index contributed by atoms with van der Waals surface area (Å²) in [5, 5.41) is 8.30. The fourth-order valence-electron chi connectivity index (χ4n) is 2.84. The van der Waals surface area contributed by atoms with Gasteiger partial charge >= 0.3 is 0 Å². The molecule has 0 aromatic carbocycles. The van der Waals surface area contributed by atoms with Crippen molar-refractivity contribution in [2.45, 2.75) is 12.3 Å². The number of hydrogen-bond donors (Lipinski definition) is 1. The summed E-state index contributed by atoms with van der Waals surface area (Å²) in [6.45, 7) is 1.34. The van der Waals surface area contributed by atoms with Gasteiger partial charge in [-0.05, 0) is 18.6 Å². The van der Waals surface area contributed by atoms with Crippen LogP contribution in [0.3, 0.4) is 0 Å². The van der Waals surface area contributed by atoms with Gasteiger partial charge in [-0.1, -0.05) is 0 Å². The van der Waals surface area contributed by atoms with Crippen molar-refractivity contribution in [3.8, 4) is 0 Å². The van der Waals surface area contributed by atoms with Gasteiger partial charge in [0.2, 0.25) is 5.76 Å². The van der Waals surface area contributed by atoms with Crippen LogP contribution in [-0.2, 0) is 0 Å². The highest BCUT2D eigenvalue weighted by Gasteiger charge is 2.31. The molecule has 1 amide bonds. The van der Waals surface area contributed by atoms with Gasteiger partial charge in [0.15, 0.2) is 12.0 Å². The number of fused-ring (bicyclic) bond motifs is 1. The topological polar surface area (TPSA) is 87.9 Å². The van der Waals surface area contributed by atoms with Gasteiger partial charge in [0.1, 0.15) is 0 Å². The number of rotatable bonds is 2. The first-order valence-electron chi connectivity index (χ1n) is 6.79. The summed E-state index contributed by atoms with van der Waals surface area (Å²) >= 11 is 0. The second-order valence-corrected chi connectivity index (χ2v) is 5.11. The predicted molar refractivity (Wildman–Crippen MR) is 73.7 cm³/mol. The SMILES string of the molecule is O=C(c1cnco1)N1CC[C@H](c2[nH]nc3ncccc23)C1. The molecule has 1 aliphatic heterocycles. The number of nitrogens with one attached hydrogen (secondary N) is 1.